The summed E-state index contributed by atoms with van der Waals surface area (Å²) in [6, 6.07) is 8.03. The van der Waals surface area contributed by atoms with E-state index in [0.717, 1.165) is 12.1 Å². The number of nitrogens with zero attached hydrogens (tertiary/aromatic N) is 3. The fraction of sp³-hybridized carbons (Fsp3) is 0.417. The van der Waals surface area contributed by atoms with Gasteiger partial charge in [0.05, 0.1) is 4.90 Å². The summed E-state index contributed by atoms with van der Waals surface area (Å²) < 4.78 is 101. The molecule has 4 rings (SSSR count). The second-order valence-corrected chi connectivity index (χ2v) is 10.7. The maximum absolute atomic E-state index is 14.6. The molecule has 0 bridgehead atoms. The molecule has 37 heavy (non-hydrogen) atoms. The van der Waals surface area contributed by atoms with E-state index in [-0.39, 0.29) is 17.1 Å². The van der Waals surface area contributed by atoms with Gasteiger partial charge in [-0.3, -0.25) is 0 Å². The molecule has 1 aliphatic carbocycles. The van der Waals surface area contributed by atoms with E-state index in [1.165, 1.54) is 35.2 Å². The third-order valence-corrected chi connectivity index (χ3v) is 7.88. The number of hydrogen-bond donors (Lipinski definition) is 1. The van der Waals surface area contributed by atoms with Gasteiger partial charge in [0.1, 0.15) is 17.9 Å². The monoisotopic (exact) mass is 544 g/mol. The molecule has 1 fully saturated rings. The van der Waals surface area contributed by atoms with E-state index in [9.17, 15) is 30.4 Å². The van der Waals surface area contributed by atoms with Crippen molar-refractivity contribution in [3.63, 3.8) is 0 Å². The van der Waals surface area contributed by atoms with Gasteiger partial charge in [-0.2, -0.15) is 0 Å². The lowest BCUT2D eigenvalue weighted by molar-refractivity contribution is -0.274. The Morgan fingerprint density at radius 3 is 2.38 bits per heavy atom. The Labute approximate surface area is 210 Å². The van der Waals surface area contributed by atoms with E-state index in [1.807, 2.05) is 0 Å². The summed E-state index contributed by atoms with van der Waals surface area (Å²) >= 11 is 0. The van der Waals surface area contributed by atoms with Crippen molar-refractivity contribution in [2.24, 2.45) is 0 Å². The Morgan fingerprint density at radius 1 is 1.11 bits per heavy atom. The number of aromatic nitrogens is 3. The van der Waals surface area contributed by atoms with Crippen molar-refractivity contribution in [1.82, 2.24) is 19.5 Å². The normalized spacial score (nSPS) is 20.1. The van der Waals surface area contributed by atoms with Crippen molar-refractivity contribution in [2.45, 2.75) is 68.8 Å². The first-order valence-electron chi connectivity index (χ1n) is 11.5. The summed E-state index contributed by atoms with van der Waals surface area (Å²) in [4.78, 5) is -0.0401. The van der Waals surface area contributed by atoms with Gasteiger partial charge in [0.15, 0.2) is 0 Å². The number of sulfonamides is 1. The summed E-state index contributed by atoms with van der Waals surface area (Å²) in [5.74, 6) is -2.99. The molecule has 1 saturated carbocycles. The lowest BCUT2D eigenvalue weighted by Gasteiger charge is -2.35. The zero-order valence-corrected chi connectivity index (χ0v) is 20.8. The van der Waals surface area contributed by atoms with Crippen molar-refractivity contribution >= 4 is 10.0 Å². The van der Waals surface area contributed by atoms with Crippen molar-refractivity contribution in [2.75, 3.05) is 0 Å². The molecule has 2 aromatic carbocycles. The minimum absolute atomic E-state index is 0.0401. The van der Waals surface area contributed by atoms with Crippen LogP contribution in [0.15, 0.2) is 53.7 Å². The van der Waals surface area contributed by atoms with Crippen LogP contribution in [-0.4, -0.2) is 41.5 Å². The van der Waals surface area contributed by atoms with Crippen LogP contribution in [-0.2, 0) is 16.4 Å². The summed E-state index contributed by atoms with van der Waals surface area (Å²) in [7, 11) is -4.15. The van der Waals surface area contributed by atoms with Gasteiger partial charge >= 0.3 is 6.36 Å². The van der Waals surface area contributed by atoms with Crippen LogP contribution in [0, 0.1) is 6.92 Å². The van der Waals surface area contributed by atoms with Crippen LogP contribution in [0.1, 0.15) is 43.6 Å². The molecular formula is C24H25F5N4O3S. The molecular weight excluding hydrogens is 519 g/mol. The summed E-state index contributed by atoms with van der Waals surface area (Å²) in [6.45, 7) is 3.39. The van der Waals surface area contributed by atoms with Crippen LogP contribution in [0.4, 0.5) is 22.0 Å². The van der Waals surface area contributed by atoms with Gasteiger partial charge in [-0.15, -0.1) is 23.4 Å². The number of hydrogen-bond acceptors (Lipinski definition) is 5. The first kappa shape index (κ1) is 27.0. The number of benzene rings is 2. The smallest absolute Gasteiger partial charge is 0.406 e. The van der Waals surface area contributed by atoms with Crippen LogP contribution < -0.4 is 9.46 Å². The molecule has 0 spiro atoms. The van der Waals surface area contributed by atoms with E-state index in [0.29, 0.717) is 28.9 Å². The molecule has 1 heterocycles. The largest absolute Gasteiger partial charge is 0.573 e. The molecule has 3 aromatic rings. The maximum Gasteiger partial charge on any atom is 0.573 e. The van der Waals surface area contributed by atoms with Crippen LogP contribution in [0.5, 0.6) is 5.75 Å². The van der Waals surface area contributed by atoms with E-state index < -0.39 is 47.2 Å². The predicted octanol–water partition coefficient (Wildman–Crippen LogP) is 5.42. The number of rotatable bonds is 7. The third-order valence-electron chi connectivity index (χ3n) is 6.26. The van der Waals surface area contributed by atoms with Gasteiger partial charge < -0.3 is 9.30 Å². The standard InChI is InChI=1S/C24H25F5N4O3S/c1-3-16-10-18(17-4-7-21(8-5-17)36-24(27,28)29)6-9-22(16)37(34,35)32-19-11-20(13-23(25,26)12-19)33-14-30-31-15(33)2/h4-10,14,19-20,32H,3,11-13H2,1-2H3/t19-,20+/m1/s1. The fourth-order valence-corrected chi connectivity index (χ4v) is 6.21. The van der Waals surface area contributed by atoms with Crippen LogP contribution in [0.3, 0.4) is 0 Å². The molecule has 0 saturated heterocycles. The number of ether oxygens (including phenoxy) is 1. The SMILES string of the molecule is CCc1cc(-c2ccc(OC(F)(F)F)cc2)ccc1S(=O)(=O)N[C@@H]1C[C@H](n2cnnc2C)CC(F)(F)C1. The minimum Gasteiger partial charge on any atom is -0.406 e. The van der Waals surface area contributed by atoms with Gasteiger partial charge in [0.2, 0.25) is 10.0 Å². The van der Waals surface area contributed by atoms with Crippen molar-refractivity contribution < 1.29 is 35.1 Å². The summed E-state index contributed by atoms with van der Waals surface area (Å²) in [5, 5.41) is 7.58. The molecule has 0 amide bonds. The average molecular weight is 545 g/mol. The van der Waals surface area contributed by atoms with Crippen molar-refractivity contribution in [3.8, 4) is 16.9 Å². The van der Waals surface area contributed by atoms with Crippen molar-refractivity contribution in [3.05, 3.63) is 60.2 Å². The predicted molar refractivity (Wildman–Crippen MR) is 125 cm³/mol. The van der Waals surface area contributed by atoms with Gasteiger partial charge in [0.25, 0.3) is 5.92 Å². The van der Waals surface area contributed by atoms with Gasteiger partial charge in [-0.1, -0.05) is 25.1 Å². The molecule has 200 valence electrons. The highest BCUT2D eigenvalue weighted by atomic mass is 32.2. The Morgan fingerprint density at radius 2 is 1.78 bits per heavy atom. The van der Waals surface area contributed by atoms with Gasteiger partial charge in [-0.05, 0) is 60.7 Å². The third kappa shape index (κ3) is 6.45. The second kappa shape index (κ2) is 10.0. The highest BCUT2D eigenvalue weighted by Crippen LogP contribution is 2.40. The fourth-order valence-electron chi connectivity index (χ4n) is 4.67. The molecule has 13 heteroatoms. The molecule has 0 radical (unpaired) electrons. The van der Waals surface area contributed by atoms with E-state index >= 15 is 0 Å². The molecule has 7 nitrogen and oxygen atoms in total. The van der Waals surface area contributed by atoms with E-state index in [4.69, 9.17) is 0 Å². The quantitative estimate of drug-likeness (QED) is 0.402. The lowest BCUT2D eigenvalue weighted by Crippen LogP contribution is -2.45. The minimum atomic E-state index is -4.81. The molecule has 1 aliphatic rings. The topological polar surface area (TPSA) is 86.1 Å². The van der Waals surface area contributed by atoms with Crippen LogP contribution in [0.2, 0.25) is 0 Å². The molecule has 2 atom stereocenters. The maximum atomic E-state index is 14.6. The van der Waals surface area contributed by atoms with E-state index in [1.54, 1.807) is 19.9 Å². The number of nitrogens with one attached hydrogen (secondary N) is 1. The number of alkyl halides is 5. The van der Waals surface area contributed by atoms with Crippen molar-refractivity contribution in [1.29, 1.82) is 0 Å². The molecule has 1 aromatic heterocycles. The number of halogens is 5. The Balaban J connectivity index is 1.56. The zero-order valence-electron chi connectivity index (χ0n) is 20.0. The highest BCUT2D eigenvalue weighted by Gasteiger charge is 2.43. The number of aryl methyl sites for hydroxylation is 2. The highest BCUT2D eigenvalue weighted by molar-refractivity contribution is 7.89. The Hall–Kier alpha value is -3.06. The second-order valence-electron chi connectivity index (χ2n) is 9.01. The zero-order chi connectivity index (χ0) is 27.0. The van der Waals surface area contributed by atoms with E-state index in [2.05, 4.69) is 19.7 Å². The first-order valence-corrected chi connectivity index (χ1v) is 13.0. The summed E-state index contributed by atoms with van der Waals surface area (Å²) in [5.41, 5.74) is 1.58. The van der Waals surface area contributed by atoms with Gasteiger partial charge in [-0.25, -0.2) is 21.9 Å². The first-order chi connectivity index (χ1) is 17.3. The molecule has 1 N–H and O–H groups in total. The van der Waals surface area contributed by atoms with Gasteiger partial charge in [0, 0.05) is 24.9 Å². The Kier molecular flexibility index (Phi) is 7.30. The summed E-state index contributed by atoms with van der Waals surface area (Å²) in [6.07, 6.45) is -4.04. The Bertz CT molecular complexity index is 1360. The molecule has 0 aliphatic heterocycles. The van der Waals surface area contributed by atoms with Crippen LogP contribution >= 0.6 is 0 Å². The van der Waals surface area contributed by atoms with Crippen LogP contribution in [0.25, 0.3) is 11.1 Å². The average Bonchev–Trinajstić information content (AvgIpc) is 3.22. The lowest BCUT2D eigenvalue weighted by atomic mass is 9.88. The molecule has 0 unspecified atom stereocenters.